The maximum absolute atomic E-state index is 13.1. The molecular formula is C23H16ClN2NaO3. The van der Waals surface area contributed by atoms with E-state index in [4.69, 9.17) is 11.6 Å². The van der Waals surface area contributed by atoms with Gasteiger partial charge in [0.2, 0.25) is 0 Å². The first-order valence-electron chi connectivity index (χ1n) is 8.82. The third kappa shape index (κ3) is 4.55. The van der Waals surface area contributed by atoms with Gasteiger partial charge in [-0.3, -0.25) is 4.79 Å². The number of carboxylic acids is 1. The summed E-state index contributed by atoms with van der Waals surface area (Å²) < 4.78 is 0. The smallest absolute Gasteiger partial charge is 1.00 e. The average Bonchev–Trinajstić information content (AvgIpc) is 2.74. The topological polar surface area (TPSA) is 79.3 Å². The molecule has 4 aromatic rings. The first-order valence-corrected chi connectivity index (χ1v) is 9.20. The Morgan fingerprint density at radius 2 is 1.60 bits per heavy atom. The monoisotopic (exact) mass is 426 g/mol. The van der Waals surface area contributed by atoms with E-state index in [-0.39, 0.29) is 47.3 Å². The van der Waals surface area contributed by atoms with E-state index in [1.54, 1.807) is 6.07 Å². The quantitative estimate of drug-likeness (QED) is 0.492. The fourth-order valence-corrected chi connectivity index (χ4v) is 3.28. The Balaban J connectivity index is 0.00000171. The summed E-state index contributed by atoms with van der Waals surface area (Å²) in [6, 6.07) is 22.9. The van der Waals surface area contributed by atoms with E-state index < -0.39 is 11.9 Å². The van der Waals surface area contributed by atoms with Gasteiger partial charge in [0.1, 0.15) is 0 Å². The van der Waals surface area contributed by atoms with Crippen LogP contribution in [0.2, 0.25) is 5.02 Å². The zero-order valence-electron chi connectivity index (χ0n) is 17.1. The Morgan fingerprint density at radius 1 is 0.900 bits per heavy atom. The minimum atomic E-state index is -1.17. The number of anilines is 1. The molecule has 0 fully saturated rings. The summed E-state index contributed by atoms with van der Waals surface area (Å²) in [6.07, 6.45) is 0. The van der Waals surface area contributed by atoms with Crippen LogP contribution in [-0.2, 0) is 0 Å². The molecule has 3 aromatic carbocycles. The fraction of sp³-hybridized carbons (Fsp3) is 0. The number of amides is 1. The van der Waals surface area contributed by atoms with E-state index in [0.29, 0.717) is 22.2 Å². The van der Waals surface area contributed by atoms with Crippen molar-refractivity contribution in [2.24, 2.45) is 0 Å². The fourth-order valence-electron chi connectivity index (χ4n) is 3.11. The number of halogens is 1. The minimum Gasteiger partial charge on any atom is -1.00 e. The standard InChI is InChI=1S/C23H15ClN2O3.Na.H/c24-15-10-11-20(18(12-15)23(28)29)26-22(27)17-13-21(14-6-2-1-3-7-14)25-19-9-5-4-8-16(17)19;;/h1-13H,(H,26,27)(H,28,29);;/q;+1;-1. The van der Waals surface area contributed by atoms with Crippen LogP contribution in [-0.4, -0.2) is 22.0 Å². The van der Waals surface area contributed by atoms with Gasteiger partial charge in [-0.05, 0) is 30.3 Å². The summed E-state index contributed by atoms with van der Waals surface area (Å²) in [5, 5.41) is 13.1. The van der Waals surface area contributed by atoms with Crippen molar-refractivity contribution < 1.29 is 45.7 Å². The number of aromatic carboxylic acids is 1. The summed E-state index contributed by atoms with van der Waals surface area (Å²) >= 11 is 5.90. The summed E-state index contributed by atoms with van der Waals surface area (Å²) in [6.45, 7) is 0. The second-order valence-corrected chi connectivity index (χ2v) is 6.82. The Hall–Kier alpha value is -2.70. The molecule has 2 N–H and O–H groups in total. The third-order valence-corrected chi connectivity index (χ3v) is 4.73. The van der Waals surface area contributed by atoms with Crippen molar-refractivity contribution in [2.75, 3.05) is 5.32 Å². The molecule has 0 aliphatic carbocycles. The zero-order valence-corrected chi connectivity index (χ0v) is 18.9. The van der Waals surface area contributed by atoms with Crippen LogP contribution in [0.15, 0.2) is 78.9 Å². The second kappa shape index (κ2) is 9.41. The first kappa shape index (κ1) is 22.0. The van der Waals surface area contributed by atoms with E-state index >= 15 is 0 Å². The molecule has 0 unspecified atom stereocenters. The number of aromatic nitrogens is 1. The van der Waals surface area contributed by atoms with Gasteiger partial charge in [0.25, 0.3) is 5.91 Å². The second-order valence-electron chi connectivity index (χ2n) is 6.39. The van der Waals surface area contributed by atoms with Crippen LogP contribution in [0.4, 0.5) is 5.69 Å². The molecule has 0 radical (unpaired) electrons. The largest absolute Gasteiger partial charge is 1.00 e. The van der Waals surface area contributed by atoms with Crippen LogP contribution in [0.25, 0.3) is 22.2 Å². The number of carbonyl (C=O) groups excluding carboxylic acids is 1. The minimum absolute atomic E-state index is 0. The molecule has 144 valence electrons. The van der Waals surface area contributed by atoms with Crippen molar-refractivity contribution in [3.8, 4) is 11.3 Å². The molecule has 0 bridgehead atoms. The van der Waals surface area contributed by atoms with Crippen LogP contribution in [0.1, 0.15) is 22.1 Å². The van der Waals surface area contributed by atoms with E-state index in [1.165, 1.54) is 18.2 Å². The van der Waals surface area contributed by atoms with Gasteiger partial charge < -0.3 is 11.8 Å². The number of carbonyl (C=O) groups is 2. The number of nitrogens with one attached hydrogen (secondary N) is 1. The maximum Gasteiger partial charge on any atom is 1.00 e. The summed E-state index contributed by atoms with van der Waals surface area (Å²) in [4.78, 5) is 29.3. The van der Waals surface area contributed by atoms with Crippen LogP contribution in [0, 0.1) is 0 Å². The molecule has 7 heteroatoms. The van der Waals surface area contributed by atoms with Gasteiger partial charge in [-0.15, -0.1) is 0 Å². The van der Waals surface area contributed by atoms with Crippen molar-refractivity contribution in [3.05, 3.63) is 95.0 Å². The summed E-state index contributed by atoms with van der Waals surface area (Å²) in [5.74, 6) is -1.60. The van der Waals surface area contributed by atoms with Gasteiger partial charge in [-0.25, -0.2) is 9.78 Å². The SMILES string of the molecule is O=C(O)c1cc(Cl)ccc1NC(=O)c1cc(-c2ccccc2)nc2ccccc12.[H-].[Na+]. The Labute approximate surface area is 201 Å². The zero-order chi connectivity index (χ0) is 20.4. The molecule has 0 atom stereocenters. The van der Waals surface area contributed by atoms with Crippen molar-refractivity contribution >= 4 is 40.1 Å². The molecule has 1 heterocycles. The normalized spacial score (nSPS) is 10.3. The third-order valence-electron chi connectivity index (χ3n) is 4.49. The van der Waals surface area contributed by atoms with E-state index in [1.807, 2.05) is 54.6 Å². The number of hydrogen-bond donors (Lipinski definition) is 2. The number of fused-ring (bicyclic) bond motifs is 1. The number of para-hydroxylation sites is 1. The predicted molar refractivity (Wildman–Crippen MR) is 115 cm³/mol. The van der Waals surface area contributed by atoms with Crippen LogP contribution in [0.5, 0.6) is 0 Å². The number of pyridine rings is 1. The molecule has 0 aliphatic heterocycles. The molecule has 4 rings (SSSR count). The number of hydrogen-bond acceptors (Lipinski definition) is 3. The molecule has 1 amide bonds. The maximum atomic E-state index is 13.1. The van der Waals surface area contributed by atoms with Crippen molar-refractivity contribution in [1.29, 1.82) is 0 Å². The summed E-state index contributed by atoms with van der Waals surface area (Å²) in [5.41, 5.74) is 2.71. The molecule has 30 heavy (non-hydrogen) atoms. The molecule has 5 nitrogen and oxygen atoms in total. The van der Waals surface area contributed by atoms with Crippen molar-refractivity contribution in [2.45, 2.75) is 0 Å². The van der Waals surface area contributed by atoms with Crippen molar-refractivity contribution in [3.63, 3.8) is 0 Å². The average molecular weight is 427 g/mol. The van der Waals surface area contributed by atoms with Crippen molar-refractivity contribution in [1.82, 2.24) is 4.98 Å². The number of nitrogens with zero attached hydrogens (tertiary/aromatic N) is 1. The Bertz CT molecular complexity index is 1250. The van der Waals surface area contributed by atoms with E-state index in [9.17, 15) is 14.7 Å². The molecule has 1 aromatic heterocycles. The van der Waals surface area contributed by atoms with Gasteiger partial charge in [-0.2, -0.15) is 0 Å². The first-order chi connectivity index (χ1) is 14.0. The van der Waals surface area contributed by atoms with Crippen LogP contribution < -0.4 is 34.9 Å². The van der Waals surface area contributed by atoms with Gasteiger partial charge in [0.05, 0.1) is 28.0 Å². The Kier molecular flexibility index (Phi) is 6.90. The number of benzene rings is 3. The van der Waals surface area contributed by atoms with E-state index in [0.717, 1.165) is 5.56 Å². The van der Waals surface area contributed by atoms with Crippen LogP contribution >= 0.6 is 11.6 Å². The van der Waals surface area contributed by atoms with Crippen LogP contribution in [0.3, 0.4) is 0 Å². The molecular weight excluding hydrogens is 411 g/mol. The molecule has 0 spiro atoms. The molecule has 0 saturated heterocycles. The van der Waals surface area contributed by atoms with Gasteiger partial charge in [0.15, 0.2) is 0 Å². The van der Waals surface area contributed by atoms with Gasteiger partial charge in [0, 0.05) is 16.0 Å². The van der Waals surface area contributed by atoms with Gasteiger partial charge >= 0.3 is 35.5 Å². The van der Waals surface area contributed by atoms with E-state index in [2.05, 4.69) is 10.3 Å². The number of rotatable bonds is 4. The van der Waals surface area contributed by atoms with Gasteiger partial charge in [-0.1, -0.05) is 60.1 Å². The number of carboxylic acid groups (broad SMARTS) is 1. The summed E-state index contributed by atoms with van der Waals surface area (Å²) in [7, 11) is 0. The predicted octanol–water partition coefficient (Wildman–Crippen LogP) is 2.62. The molecule has 0 aliphatic rings. The molecule has 0 saturated carbocycles. The Morgan fingerprint density at radius 3 is 2.33 bits per heavy atom.